The van der Waals surface area contributed by atoms with Gasteiger partial charge in [-0.3, -0.25) is 9.69 Å². The summed E-state index contributed by atoms with van der Waals surface area (Å²) in [6.07, 6.45) is 5.16. The van der Waals surface area contributed by atoms with Gasteiger partial charge in [0.05, 0.1) is 6.54 Å². The molecule has 1 fully saturated rings. The van der Waals surface area contributed by atoms with Gasteiger partial charge in [-0.05, 0) is 63.8 Å². The Morgan fingerprint density at radius 3 is 2.22 bits per heavy atom. The summed E-state index contributed by atoms with van der Waals surface area (Å²) in [4.78, 5) is 12.9. The van der Waals surface area contributed by atoms with Crippen LogP contribution in [-0.4, -0.2) is 35.1 Å². The number of carbonyl (C=O) groups is 1. The molecule has 0 aromatic heterocycles. The topological polar surface area (TPSA) is 40.5 Å². The van der Waals surface area contributed by atoms with Gasteiger partial charge in [-0.25, -0.2) is 0 Å². The van der Waals surface area contributed by atoms with Crippen molar-refractivity contribution in [3.63, 3.8) is 0 Å². The van der Waals surface area contributed by atoms with Crippen molar-refractivity contribution >= 4 is 5.97 Å². The monoisotopic (exact) mass is 255 g/mol. The van der Waals surface area contributed by atoms with E-state index in [4.69, 9.17) is 5.11 Å². The molecule has 1 rings (SSSR count). The lowest BCUT2D eigenvalue weighted by molar-refractivity contribution is -0.138. The van der Waals surface area contributed by atoms with Gasteiger partial charge in [-0.15, -0.1) is 0 Å². The standard InChI is InChI=1S/C15H29NO2/c1-11(2)16(10-15(17)18)6-5-14-8-12(3)7-13(4)9-14/h11-14H,5-10H2,1-4H3,(H,17,18). The van der Waals surface area contributed by atoms with Crippen LogP contribution in [0.25, 0.3) is 0 Å². The van der Waals surface area contributed by atoms with Crippen LogP contribution >= 0.6 is 0 Å². The van der Waals surface area contributed by atoms with Gasteiger partial charge in [0.2, 0.25) is 0 Å². The van der Waals surface area contributed by atoms with Crippen molar-refractivity contribution in [1.29, 1.82) is 0 Å². The van der Waals surface area contributed by atoms with Crippen molar-refractivity contribution in [3.05, 3.63) is 0 Å². The summed E-state index contributed by atoms with van der Waals surface area (Å²) < 4.78 is 0. The summed E-state index contributed by atoms with van der Waals surface area (Å²) in [6.45, 7) is 9.95. The average molecular weight is 255 g/mol. The third-order valence-electron chi connectivity index (χ3n) is 4.17. The van der Waals surface area contributed by atoms with E-state index in [1.54, 1.807) is 0 Å². The van der Waals surface area contributed by atoms with Crippen LogP contribution in [0.3, 0.4) is 0 Å². The first-order valence-electron chi connectivity index (χ1n) is 7.34. The van der Waals surface area contributed by atoms with E-state index in [0.717, 1.165) is 30.7 Å². The second-order valence-electron chi connectivity index (χ2n) is 6.53. The van der Waals surface area contributed by atoms with Crippen LogP contribution < -0.4 is 0 Å². The molecule has 0 radical (unpaired) electrons. The molecule has 0 bridgehead atoms. The molecule has 18 heavy (non-hydrogen) atoms. The lowest BCUT2D eigenvalue weighted by atomic mass is 9.75. The Labute approximate surface area is 112 Å². The molecule has 0 aromatic carbocycles. The van der Waals surface area contributed by atoms with Crippen LogP contribution in [-0.2, 0) is 4.79 Å². The fourth-order valence-corrected chi connectivity index (χ4v) is 3.39. The summed E-state index contributed by atoms with van der Waals surface area (Å²) in [6, 6.07) is 0.319. The largest absolute Gasteiger partial charge is 0.480 e. The molecule has 2 atom stereocenters. The van der Waals surface area contributed by atoms with Crippen molar-refractivity contribution in [1.82, 2.24) is 4.90 Å². The maximum atomic E-state index is 10.8. The zero-order valence-corrected chi connectivity index (χ0v) is 12.4. The van der Waals surface area contributed by atoms with Crippen LogP contribution in [0.4, 0.5) is 0 Å². The van der Waals surface area contributed by atoms with Crippen LogP contribution in [0.15, 0.2) is 0 Å². The molecule has 1 N–H and O–H groups in total. The molecular weight excluding hydrogens is 226 g/mol. The zero-order valence-electron chi connectivity index (χ0n) is 12.4. The molecule has 106 valence electrons. The van der Waals surface area contributed by atoms with Crippen LogP contribution in [0, 0.1) is 17.8 Å². The molecule has 1 aliphatic rings. The number of nitrogens with zero attached hydrogens (tertiary/aromatic N) is 1. The molecule has 0 aromatic rings. The van der Waals surface area contributed by atoms with Crippen molar-refractivity contribution in [2.24, 2.45) is 17.8 Å². The Balaban J connectivity index is 2.39. The highest BCUT2D eigenvalue weighted by atomic mass is 16.4. The Bertz CT molecular complexity index is 255. The highest BCUT2D eigenvalue weighted by Gasteiger charge is 2.24. The minimum atomic E-state index is -0.714. The first-order chi connectivity index (χ1) is 8.38. The van der Waals surface area contributed by atoms with E-state index in [9.17, 15) is 4.79 Å². The molecule has 1 aliphatic carbocycles. The number of rotatable bonds is 6. The van der Waals surface area contributed by atoms with Gasteiger partial charge in [-0.1, -0.05) is 13.8 Å². The molecule has 0 saturated heterocycles. The van der Waals surface area contributed by atoms with Gasteiger partial charge in [0.25, 0.3) is 0 Å². The van der Waals surface area contributed by atoms with E-state index in [1.165, 1.54) is 19.3 Å². The van der Waals surface area contributed by atoms with E-state index < -0.39 is 5.97 Å². The maximum Gasteiger partial charge on any atom is 0.317 e. The Hall–Kier alpha value is -0.570. The van der Waals surface area contributed by atoms with Gasteiger partial charge in [0.1, 0.15) is 0 Å². The Morgan fingerprint density at radius 2 is 1.78 bits per heavy atom. The summed E-state index contributed by atoms with van der Waals surface area (Å²) in [5, 5.41) is 8.91. The van der Waals surface area contributed by atoms with E-state index in [0.29, 0.717) is 6.04 Å². The van der Waals surface area contributed by atoms with Gasteiger partial charge in [0, 0.05) is 6.04 Å². The number of aliphatic carboxylic acids is 1. The van der Waals surface area contributed by atoms with Crippen molar-refractivity contribution in [2.75, 3.05) is 13.1 Å². The van der Waals surface area contributed by atoms with E-state index in [-0.39, 0.29) is 6.54 Å². The van der Waals surface area contributed by atoms with Gasteiger partial charge >= 0.3 is 5.97 Å². The molecular formula is C15H29NO2. The van der Waals surface area contributed by atoms with Crippen LogP contribution in [0.1, 0.15) is 53.4 Å². The van der Waals surface area contributed by atoms with E-state index in [1.807, 2.05) is 0 Å². The Kier molecular flexibility index (Phi) is 6.13. The van der Waals surface area contributed by atoms with Crippen LogP contribution in [0.2, 0.25) is 0 Å². The van der Waals surface area contributed by atoms with Gasteiger partial charge < -0.3 is 5.11 Å². The van der Waals surface area contributed by atoms with Crippen molar-refractivity contribution in [2.45, 2.75) is 59.4 Å². The molecule has 0 heterocycles. The van der Waals surface area contributed by atoms with Crippen molar-refractivity contribution < 1.29 is 9.90 Å². The SMILES string of the molecule is CC1CC(C)CC(CCN(CC(=O)O)C(C)C)C1. The van der Waals surface area contributed by atoms with E-state index in [2.05, 4.69) is 32.6 Å². The van der Waals surface area contributed by atoms with Crippen molar-refractivity contribution in [3.8, 4) is 0 Å². The molecule has 3 heteroatoms. The highest BCUT2D eigenvalue weighted by molar-refractivity contribution is 5.69. The molecule has 2 unspecified atom stereocenters. The lowest BCUT2D eigenvalue weighted by Crippen LogP contribution is -2.37. The summed E-state index contributed by atoms with van der Waals surface area (Å²) in [5.74, 6) is 1.75. The first-order valence-corrected chi connectivity index (χ1v) is 7.34. The normalized spacial score (nSPS) is 28.9. The average Bonchev–Trinajstić information content (AvgIpc) is 2.21. The predicted molar refractivity (Wildman–Crippen MR) is 74.6 cm³/mol. The second-order valence-corrected chi connectivity index (χ2v) is 6.53. The molecule has 3 nitrogen and oxygen atoms in total. The molecule has 0 spiro atoms. The van der Waals surface area contributed by atoms with E-state index >= 15 is 0 Å². The quantitative estimate of drug-likeness (QED) is 0.792. The van der Waals surface area contributed by atoms with Crippen LogP contribution in [0.5, 0.6) is 0 Å². The number of hydrogen-bond acceptors (Lipinski definition) is 2. The van der Waals surface area contributed by atoms with Gasteiger partial charge in [-0.2, -0.15) is 0 Å². The number of carboxylic acids is 1. The summed E-state index contributed by atoms with van der Waals surface area (Å²) in [7, 11) is 0. The summed E-state index contributed by atoms with van der Waals surface area (Å²) in [5.41, 5.74) is 0. The highest BCUT2D eigenvalue weighted by Crippen LogP contribution is 2.34. The zero-order chi connectivity index (χ0) is 13.7. The second kappa shape index (κ2) is 7.13. The molecule has 0 aliphatic heterocycles. The molecule has 1 saturated carbocycles. The predicted octanol–water partition coefficient (Wildman–Crippen LogP) is 3.24. The third-order valence-corrected chi connectivity index (χ3v) is 4.17. The fraction of sp³-hybridized carbons (Fsp3) is 0.933. The minimum absolute atomic E-state index is 0.176. The number of carboxylic acid groups (broad SMARTS) is 1. The first kappa shape index (κ1) is 15.5. The smallest absolute Gasteiger partial charge is 0.317 e. The van der Waals surface area contributed by atoms with Gasteiger partial charge in [0.15, 0.2) is 0 Å². The fourth-order valence-electron chi connectivity index (χ4n) is 3.39. The number of hydrogen-bond donors (Lipinski definition) is 1. The maximum absolute atomic E-state index is 10.8. The lowest BCUT2D eigenvalue weighted by Gasteiger charge is -2.33. The third kappa shape index (κ3) is 5.38. The minimum Gasteiger partial charge on any atom is -0.480 e. The Morgan fingerprint density at radius 1 is 1.22 bits per heavy atom. The summed E-state index contributed by atoms with van der Waals surface area (Å²) >= 11 is 0. The molecule has 0 amide bonds.